The zero-order valence-electron chi connectivity index (χ0n) is 13.3. The van der Waals surface area contributed by atoms with Crippen LogP contribution in [-0.4, -0.2) is 13.2 Å². The van der Waals surface area contributed by atoms with Crippen molar-refractivity contribution >= 4 is 15.9 Å². The summed E-state index contributed by atoms with van der Waals surface area (Å²) in [7, 11) is 1.70. The molecule has 0 aliphatic heterocycles. The van der Waals surface area contributed by atoms with E-state index in [1.165, 1.54) is 44.1 Å². The van der Waals surface area contributed by atoms with Crippen LogP contribution in [0, 0.1) is 0 Å². The first-order valence-electron chi connectivity index (χ1n) is 7.99. The molecule has 0 heterocycles. The quantitative estimate of drug-likeness (QED) is 0.346. The van der Waals surface area contributed by atoms with Crippen LogP contribution in [-0.2, 0) is 6.42 Å². The van der Waals surface area contributed by atoms with Gasteiger partial charge in [0.05, 0.1) is 7.11 Å². The Morgan fingerprint density at radius 2 is 1.90 bits per heavy atom. The first-order valence-corrected chi connectivity index (χ1v) is 8.79. The molecule has 1 unspecified atom stereocenters. The Morgan fingerprint density at radius 3 is 2.57 bits per heavy atom. The summed E-state index contributed by atoms with van der Waals surface area (Å²) in [5.41, 5.74) is 4.19. The highest BCUT2D eigenvalue weighted by atomic mass is 79.9. The van der Waals surface area contributed by atoms with E-state index in [2.05, 4.69) is 34.3 Å². The van der Waals surface area contributed by atoms with Crippen molar-refractivity contribution < 1.29 is 4.74 Å². The second kappa shape index (κ2) is 11.0. The first kappa shape index (κ1) is 18.5. The van der Waals surface area contributed by atoms with Gasteiger partial charge in [0.2, 0.25) is 0 Å². The molecule has 1 rings (SSSR count). The molecule has 1 aromatic carbocycles. The smallest absolute Gasteiger partial charge is 0.119 e. The Morgan fingerprint density at radius 1 is 1.19 bits per heavy atom. The summed E-state index contributed by atoms with van der Waals surface area (Å²) in [5, 5.41) is 0. The van der Waals surface area contributed by atoms with E-state index < -0.39 is 0 Å². The number of rotatable bonds is 11. The highest BCUT2D eigenvalue weighted by Crippen LogP contribution is 2.24. The van der Waals surface area contributed by atoms with Gasteiger partial charge >= 0.3 is 0 Å². The van der Waals surface area contributed by atoms with E-state index in [0.29, 0.717) is 6.04 Å². The molecule has 1 atom stereocenters. The van der Waals surface area contributed by atoms with Gasteiger partial charge in [-0.25, -0.2) is 0 Å². The number of halogens is 1. The molecule has 21 heavy (non-hydrogen) atoms. The van der Waals surface area contributed by atoms with Crippen molar-refractivity contribution in [2.24, 2.45) is 5.84 Å². The third kappa shape index (κ3) is 7.30. The van der Waals surface area contributed by atoms with Gasteiger partial charge in [0, 0.05) is 10.5 Å². The molecule has 0 spiro atoms. The summed E-state index contributed by atoms with van der Waals surface area (Å²) in [5.74, 6) is 6.60. The lowest BCUT2D eigenvalue weighted by Crippen LogP contribution is -2.36. The lowest BCUT2D eigenvalue weighted by molar-refractivity contribution is 0.413. The minimum absolute atomic E-state index is 0.319. The van der Waals surface area contributed by atoms with Gasteiger partial charge < -0.3 is 4.74 Å². The molecule has 4 heteroatoms. The van der Waals surface area contributed by atoms with Crippen LogP contribution in [0.15, 0.2) is 22.7 Å². The number of hydrogen-bond donors (Lipinski definition) is 2. The standard InChI is InChI=1S/C17H29BrN2O/c1-3-4-5-6-7-8-9-15(20-19)12-14-13-16(21-2)10-11-17(14)18/h10-11,13,15,20H,3-9,12,19H2,1-2H3. The van der Waals surface area contributed by atoms with Gasteiger partial charge in [0.1, 0.15) is 5.75 Å². The largest absolute Gasteiger partial charge is 0.497 e. The number of benzene rings is 1. The maximum Gasteiger partial charge on any atom is 0.119 e. The van der Waals surface area contributed by atoms with Crippen LogP contribution in [0.2, 0.25) is 0 Å². The minimum atomic E-state index is 0.319. The number of hydrazine groups is 1. The van der Waals surface area contributed by atoms with Crippen molar-refractivity contribution in [2.75, 3.05) is 7.11 Å². The summed E-state index contributed by atoms with van der Waals surface area (Å²) in [6.07, 6.45) is 9.94. The number of nitrogens with two attached hydrogens (primary N) is 1. The molecule has 0 aliphatic carbocycles. The van der Waals surface area contributed by atoms with Gasteiger partial charge in [-0.3, -0.25) is 11.3 Å². The zero-order valence-corrected chi connectivity index (χ0v) is 14.9. The number of ether oxygens (including phenoxy) is 1. The molecule has 0 amide bonds. The van der Waals surface area contributed by atoms with Gasteiger partial charge in [-0.1, -0.05) is 61.4 Å². The average molecular weight is 357 g/mol. The highest BCUT2D eigenvalue weighted by Gasteiger charge is 2.11. The van der Waals surface area contributed by atoms with Crippen molar-refractivity contribution in [1.82, 2.24) is 5.43 Å². The van der Waals surface area contributed by atoms with Gasteiger partial charge in [-0.2, -0.15) is 0 Å². The van der Waals surface area contributed by atoms with E-state index in [-0.39, 0.29) is 0 Å². The summed E-state index contributed by atoms with van der Waals surface area (Å²) in [6, 6.07) is 6.40. The second-order valence-corrected chi connectivity index (χ2v) is 6.44. The number of nitrogens with one attached hydrogen (secondary N) is 1. The van der Waals surface area contributed by atoms with Gasteiger partial charge in [-0.15, -0.1) is 0 Å². The molecule has 3 nitrogen and oxygen atoms in total. The molecule has 0 bridgehead atoms. The fraction of sp³-hybridized carbons (Fsp3) is 0.647. The van der Waals surface area contributed by atoms with E-state index in [4.69, 9.17) is 10.6 Å². The third-order valence-electron chi connectivity index (χ3n) is 3.86. The van der Waals surface area contributed by atoms with E-state index in [0.717, 1.165) is 23.1 Å². The molecule has 0 fully saturated rings. The number of hydrogen-bond acceptors (Lipinski definition) is 3. The van der Waals surface area contributed by atoms with Crippen molar-refractivity contribution in [3.63, 3.8) is 0 Å². The van der Waals surface area contributed by atoms with Crippen LogP contribution < -0.4 is 16.0 Å². The van der Waals surface area contributed by atoms with E-state index in [9.17, 15) is 0 Å². The highest BCUT2D eigenvalue weighted by molar-refractivity contribution is 9.10. The molecule has 0 aliphatic rings. The molecule has 1 aromatic rings. The van der Waals surface area contributed by atoms with Gasteiger partial charge in [0.15, 0.2) is 0 Å². The molecule has 0 radical (unpaired) electrons. The maximum absolute atomic E-state index is 5.71. The van der Waals surface area contributed by atoms with E-state index >= 15 is 0 Å². The van der Waals surface area contributed by atoms with Crippen LogP contribution in [0.4, 0.5) is 0 Å². The van der Waals surface area contributed by atoms with Crippen molar-refractivity contribution in [3.05, 3.63) is 28.2 Å². The third-order valence-corrected chi connectivity index (χ3v) is 4.63. The fourth-order valence-corrected chi connectivity index (χ4v) is 2.92. The summed E-state index contributed by atoms with van der Waals surface area (Å²) in [4.78, 5) is 0. The Balaban J connectivity index is 2.39. The van der Waals surface area contributed by atoms with E-state index in [1.807, 2.05) is 12.1 Å². The molecular formula is C17H29BrN2O. The van der Waals surface area contributed by atoms with Crippen LogP contribution in [0.25, 0.3) is 0 Å². The Labute approximate surface area is 137 Å². The SMILES string of the molecule is CCCCCCCCC(Cc1cc(OC)ccc1Br)NN. The number of unbranched alkanes of at least 4 members (excludes halogenated alkanes) is 5. The predicted molar refractivity (Wildman–Crippen MR) is 93.5 cm³/mol. The van der Waals surface area contributed by atoms with Gasteiger partial charge in [-0.05, 0) is 36.6 Å². The Kier molecular flexibility index (Phi) is 9.72. The average Bonchev–Trinajstić information content (AvgIpc) is 2.51. The van der Waals surface area contributed by atoms with Crippen molar-refractivity contribution in [2.45, 2.75) is 64.3 Å². The summed E-state index contributed by atoms with van der Waals surface area (Å²) >= 11 is 3.60. The lowest BCUT2D eigenvalue weighted by Gasteiger charge is -2.17. The van der Waals surface area contributed by atoms with Crippen molar-refractivity contribution in [1.29, 1.82) is 0 Å². The van der Waals surface area contributed by atoms with Crippen LogP contribution in [0.1, 0.15) is 57.4 Å². The summed E-state index contributed by atoms with van der Waals surface area (Å²) in [6.45, 7) is 2.25. The Hall–Kier alpha value is -0.580. The molecule has 0 saturated heterocycles. The Bertz CT molecular complexity index is 398. The lowest BCUT2D eigenvalue weighted by atomic mass is 10.00. The maximum atomic E-state index is 5.71. The second-order valence-electron chi connectivity index (χ2n) is 5.58. The molecule has 0 aromatic heterocycles. The molecule has 3 N–H and O–H groups in total. The number of methoxy groups -OCH3 is 1. The zero-order chi connectivity index (χ0) is 15.5. The van der Waals surface area contributed by atoms with Crippen LogP contribution in [0.3, 0.4) is 0 Å². The monoisotopic (exact) mass is 356 g/mol. The fourth-order valence-electron chi connectivity index (χ4n) is 2.52. The van der Waals surface area contributed by atoms with Crippen molar-refractivity contribution in [3.8, 4) is 5.75 Å². The normalized spacial score (nSPS) is 12.4. The minimum Gasteiger partial charge on any atom is -0.497 e. The molecular weight excluding hydrogens is 328 g/mol. The van der Waals surface area contributed by atoms with E-state index in [1.54, 1.807) is 7.11 Å². The molecule has 0 saturated carbocycles. The van der Waals surface area contributed by atoms with Crippen LogP contribution in [0.5, 0.6) is 5.75 Å². The van der Waals surface area contributed by atoms with Crippen LogP contribution >= 0.6 is 15.9 Å². The topological polar surface area (TPSA) is 47.3 Å². The van der Waals surface area contributed by atoms with Gasteiger partial charge in [0.25, 0.3) is 0 Å². The summed E-state index contributed by atoms with van der Waals surface area (Å²) < 4.78 is 6.41. The molecule has 120 valence electrons. The predicted octanol–water partition coefficient (Wildman–Crippen LogP) is 4.58. The first-order chi connectivity index (χ1) is 10.2.